The van der Waals surface area contributed by atoms with E-state index in [-0.39, 0.29) is 0 Å². The SMILES string of the molecule is CC(C)CC(NCc1ccn(C2CCCCC2)n1)C(=O)O. The molecule has 2 N–H and O–H groups in total. The molecule has 0 amide bonds. The van der Waals surface area contributed by atoms with Crippen molar-refractivity contribution < 1.29 is 9.90 Å². The second-order valence-electron chi connectivity index (χ2n) is 6.48. The number of rotatable bonds is 7. The highest BCUT2D eigenvalue weighted by molar-refractivity contribution is 5.73. The molecule has 1 aromatic heterocycles. The standard InChI is InChI=1S/C16H27N3O2/c1-12(2)10-15(16(20)21)17-11-13-8-9-19(18-13)14-6-4-3-5-7-14/h8-9,12,14-15,17H,3-7,10-11H2,1-2H3,(H,20,21). The van der Waals surface area contributed by atoms with Crippen LogP contribution < -0.4 is 5.32 Å². The molecule has 1 aromatic rings. The van der Waals surface area contributed by atoms with Crippen molar-refractivity contribution in [2.24, 2.45) is 5.92 Å². The Balaban J connectivity index is 1.87. The molecule has 1 aliphatic rings. The van der Waals surface area contributed by atoms with Gasteiger partial charge in [-0.3, -0.25) is 14.8 Å². The minimum absolute atomic E-state index is 0.360. The van der Waals surface area contributed by atoms with E-state index < -0.39 is 12.0 Å². The zero-order valence-corrected chi connectivity index (χ0v) is 13.1. The fourth-order valence-corrected chi connectivity index (χ4v) is 2.99. The summed E-state index contributed by atoms with van der Waals surface area (Å²) in [6.45, 7) is 4.59. The fourth-order valence-electron chi connectivity index (χ4n) is 2.99. The van der Waals surface area contributed by atoms with Crippen LogP contribution in [0.25, 0.3) is 0 Å². The number of hydrogen-bond donors (Lipinski definition) is 2. The molecule has 1 atom stereocenters. The zero-order valence-electron chi connectivity index (χ0n) is 13.1. The second kappa shape index (κ2) is 7.59. The Bertz CT molecular complexity index is 450. The molecule has 5 heteroatoms. The molecule has 0 saturated heterocycles. The first-order valence-electron chi connectivity index (χ1n) is 8.06. The Kier molecular flexibility index (Phi) is 5.79. The van der Waals surface area contributed by atoms with Gasteiger partial charge in [-0.1, -0.05) is 33.1 Å². The van der Waals surface area contributed by atoms with Crippen LogP contribution in [0.3, 0.4) is 0 Å². The molecule has 0 spiro atoms. The van der Waals surface area contributed by atoms with Crippen molar-refractivity contribution in [3.63, 3.8) is 0 Å². The van der Waals surface area contributed by atoms with Crippen molar-refractivity contribution >= 4 is 5.97 Å². The smallest absolute Gasteiger partial charge is 0.320 e. The highest BCUT2D eigenvalue weighted by atomic mass is 16.4. The number of nitrogens with zero attached hydrogens (tertiary/aromatic N) is 2. The highest BCUT2D eigenvalue weighted by Crippen LogP contribution is 2.27. The van der Waals surface area contributed by atoms with Crippen molar-refractivity contribution in [1.82, 2.24) is 15.1 Å². The lowest BCUT2D eigenvalue weighted by molar-refractivity contribution is -0.140. The van der Waals surface area contributed by atoms with Gasteiger partial charge in [-0.25, -0.2) is 0 Å². The van der Waals surface area contributed by atoms with Crippen LogP contribution in [0.4, 0.5) is 0 Å². The summed E-state index contributed by atoms with van der Waals surface area (Å²) in [5, 5.41) is 16.9. The Morgan fingerprint density at radius 3 is 2.76 bits per heavy atom. The first kappa shape index (κ1) is 16.0. The van der Waals surface area contributed by atoms with Gasteiger partial charge in [-0.05, 0) is 31.2 Å². The van der Waals surface area contributed by atoms with E-state index in [4.69, 9.17) is 0 Å². The predicted octanol–water partition coefficient (Wildman–Crippen LogP) is 2.98. The number of carboxylic acid groups (broad SMARTS) is 1. The lowest BCUT2D eigenvalue weighted by Crippen LogP contribution is -2.37. The summed E-state index contributed by atoms with van der Waals surface area (Å²) in [4.78, 5) is 11.2. The lowest BCUT2D eigenvalue weighted by Gasteiger charge is -2.21. The molecule has 1 aliphatic carbocycles. The number of hydrogen-bond acceptors (Lipinski definition) is 3. The second-order valence-corrected chi connectivity index (χ2v) is 6.48. The average molecular weight is 293 g/mol. The van der Waals surface area contributed by atoms with E-state index in [1.807, 2.05) is 26.1 Å². The molecule has 118 valence electrons. The molecular weight excluding hydrogens is 266 g/mol. The van der Waals surface area contributed by atoms with Crippen molar-refractivity contribution in [3.05, 3.63) is 18.0 Å². The van der Waals surface area contributed by atoms with E-state index in [0.29, 0.717) is 24.9 Å². The molecular formula is C16H27N3O2. The molecule has 1 unspecified atom stereocenters. The van der Waals surface area contributed by atoms with Gasteiger partial charge in [0.15, 0.2) is 0 Å². The minimum atomic E-state index is -0.782. The summed E-state index contributed by atoms with van der Waals surface area (Å²) in [6.07, 6.45) is 8.99. The molecule has 0 aromatic carbocycles. The average Bonchev–Trinajstić information content (AvgIpc) is 2.92. The molecule has 1 heterocycles. The first-order chi connectivity index (χ1) is 10.1. The maximum Gasteiger partial charge on any atom is 0.320 e. The molecule has 21 heavy (non-hydrogen) atoms. The number of aliphatic carboxylic acids is 1. The van der Waals surface area contributed by atoms with Crippen LogP contribution in [-0.4, -0.2) is 26.9 Å². The molecule has 5 nitrogen and oxygen atoms in total. The molecule has 0 aliphatic heterocycles. The van der Waals surface area contributed by atoms with Crippen LogP contribution in [0.2, 0.25) is 0 Å². The van der Waals surface area contributed by atoms with E-state index in [2.05, 4.69) is 15.1 Å². The molecule has 1 fully saturated rings. The van der Waals surface area contributed by atoms with E-state index in [1.54, 1.807) is 0 Å². The first-order valence-corrected chi connectivity index (χ1v) is 8.06. The van der Waals surface area contributed by atoms with E-state index in [0.717, 1.165) is 5.69 Å². The van der Waals surface area contributed by atoms with E-state index >= 15 is 0 Å². The lowest BCUT2D eigenvalue weighted by atomic mass is 9.96. The maximum atomic E-state index is 11.2. The van der Waals surface area contributed by atoms with Gasteiger partial charge in [0.05, 0.1) is 11.7 Å². The monoisotopic (exact) mass is 293 g/mol. The summed E-state index contributed by atoms with van der Waals surface area (Å²) in [7, 11) is 0. The Morgan fingerprint density at radius 2 is 2.14 bits per heavy atom. The van der Waals surface area contributed by atoms with Gasteiger partial charge in [-0.15, -0.1) is 0 Å². The fraction of sp³-hybridized carbons (Fsp3) is 0.750. The summed E-state index contributed by atoms with van der Waals surface area (Å²) in [6, 6.07) is 2.03. The number of aromatic nitrogens is 2. The summed E-state index contributed by atoms with van der Waals surface area (Å²) < 4.78 is 2.06. The molecule has 0 radical (unpaired) electrons. The van der Waals surface area contributed by atoms with Gasteiger partial charge >= 0.3 is 5.97 Å². The van der Waals surface area contributed by atoms with Gasteiger partial charge in [0, 0.05) is 12.7 Å². The maximum absolute atomic E-state index is 11.2. The zero-order chi connectivity index (χ0) is 15.2. The third-order valence-corrected chi connectivity index (χ3v) is 4.15. The van der Waals surface area contributed by atoms with Gasteiger partial charge in [0.2, 0.25) is 0 Å². The summed E-state index contributed by atoms with van der Waals surface area (Å²) >= 11 is 0. The van der Waals surface area contributed by atoms with Crippen molar-refractivity contribution in [2.75, 3.05) is 0 Å². The van der Waals surface area contributed by atoms with Gasteiger partial charge in [0.1, 0.15) is 6.04 Å². The third kappa shape index (κ3) is 4.84. The normalized spacial score (nSPS) is 18.0. The largest absolute Gasteiger partial charge is 0.480 e. The Hall–Kier alpha value is -1.36. The van der Waals surface area contributed by atoms with Crippen LogP contribution in [0.5, 0.6) is 0 Å². The van der Waals surface area contributed by atoms with Crippen LogP contribution in [0.1, 0.15) is 64.1 Å². The molecule has 2 rings (SSSR count). The van der Waals surface area contributed by atoms with Crippen LogP contribution in [-0.2, 0) is 11.3 Å². The molecule has 0 bridgehead atoms. The van der Waals surface area contributed by atoms with Gasteiger partial charge < -0.3 is 5.11 Å². The minimum Gasteiger partial charge on any atom is -0.480 e. The van der Waals surface area contributed by atoms with Gasteiger partial charge in [-0.2, -0.15) is 5.10 Å². The van der Waals surface area contributed by atoms with Crippen molar-refractivity contribution in [3.8, 4) is 0 Å². The number of nitrogens with one attached hydrogen (secondary N) is 1. The van der Waals surface area contributed by atoms with Crippen molar-refractivity contribution in [1.29, 1.82) is 0 Å². The van der Waals surface area contributed by atoms with Crippen molar-refractivity contribution in [2.45, 2.75) is 71.0 Å². The topological polar surface area (TPSA) is 67.2 Å². The Labute approximate surface area is 126 Å². The van der Waals surface area contributed by atoms with Crippen LogP contribution in [0.15, 0.2) is 12.3 Å². The highest BCUT2D eigenvalue weighted by Gasteiger charge is 2.19. The summed E-state index contributed by atoms with van der Waals surface area (Å²) in [5.74, 6) is -0.422. The van der Waals surface area contributed by atoms with E-state index in [1.165, 1.54) is 32.1 Å². The predicted molar refractivity (Wildman–Crippen MR) is 82.1 cm³/mol. The van der Waals surface area contributed by atoms with Gasteiger partial charge in [0.25, 0.3) is 0 Å². The molecule has 1 saturated carbocycles. The summed E-state index contributed by atoms with van der Waals surface area (Å²) in [5.41, 5.74) is 0.926. The van der Waals surface area contributed by atoms with E-state index in [9.17, 15) is 9.90 Å². The number of carboxylic acids is 1. The quantitative estimate of drug-likeness (QED) is 0.811. The van der Waals surface area contributed by atoms with Crippen LogP contribution >= 0.6 is 0 Å². The number of carbonyl (C=O) groups is 1. The van der Waals surface area contributed by atoms with Crippen LogP contribution in [0, 0.1) is 5.92 Å². The Morgan fingerprint density at radius 1 is 1.43 bits per heavy atom. The third-order valence-electron chi connectivity index (χ3n) is 4.15.